The van der Waals surface area contributed by atoms with Gasteiger partial charge in [0.25, 0.3) is 0 Å². The lowest BCUT2D eigenvalue weighted by atomic mass is 9.95. The van der Waals surface area contributed by atoms with Crippen LogP contribution >= 0.6 is 11.6 Å². The monoisotopic (exact) mass is 309 g/mol. The zero-order valence-electron chi connectivity index (χ0n) is 10.6. The molecular formula is C11H15ClF3N5. The zero-order valence-corrected chi connectivity index (χ0v) is 11.4. The van der Waals surface area contributed by atoms with Gasteiger partial charge in [-0.3, -0.25) is 5.01 Å². The Balaban J connectivity index is 2.36. The van der Waals surface area contributed by atoms with Crippen molar-refractivity contribution in [2.75, 3.05) is 10.7 Å². The number of aromatic nitrogens is 2. The molecule has 1 aromatic rings. The number of hydrogen-bond donors (Lipinski definition) is 2. The standard InChI is InChI=1S/C11H15ClF3N5/c12-8-7(16)9(19-10(18-8)11(13,14)15)20(17)6-4-2-1-3-5-6/h6H,1-5,16-17H2. The molecule has 20 heavy (non-hydrogen) atoms. The first-order chi connectivity index (χ1) is 9.30. The van der Waals surface area contributed by atoms with Crippen molar-refractivity contribution in [3.63, 3.8) is 0 Å². The summed E-state index contributed by atoms with van der Waals surface area (Å²) in [5.74, 6) is 4.39. The van der Waals surface area contributed by atoms with Gasteiger partial charge in [-0.2, -0.15) is 13.2 Å². The van der Waals surface area contributed by atoms with E-state index < -0.39 is 17.2 Å². The summed E-state index contributed by atoms with van der Waals surface area (Å²) in [4.78, 5) is 6.59. The van der Waals surface area contributed by atoms with Crippen LogP contribution in [0.15, 0.2) is 0 Å². The number of nitrogens with two attached hydrogens (primary N) is 2. The Morgan fingerprint density at radius 2 is 1.75 bits per heavy atom. The van der Waals surface area contributed by atoms with Crippen LogP contribution in [0.25, 0.3) is 0 Å². The van der Waals surface area contributed by atoms with Crippen LogP contribution in [0, 0.1) is 0 Å². The van der Waals surface area contributed by atoms with Crippen LogP contribution in [0.3, 0.4) is 0 Å². The second-order valence-electron chi connectivity index (χ2n) is 4.77. The smallest absolute Gasteiger partial charge is 0.393 e. The van der Waals surface area contributed by atoms with Crippen molar-refractivity contribution in [2.24, 2.45) is 5.84 Å². The molecule has 0 atom stereocenters. The van der Waals surface area contributed by atoms with Gasteiger partial charge in [0.1, 0.15) is 5.69 Å². The first kappa shape index (κ1) is 15.1. The van der Waals surface area contributed by atoms with Crippen LogP contribution in [0.4, 0.5) is 24.7 Å². The maximum atomic E-state index is 12.7. The summed E-state index contributed by atoms with van der Waals surface area (Å²) >= 11 is 5.65. The molecule has 1 aliphatic rings. The summed E-state index contributed by atoms with van der Waals surface area (Å²) in [5.41, 5.74) is 5.52. The van der Waals surface area contributed by atoms with Crippen molar-refractivity contribution in [1.29, 1.82) is 0 Å². The molecule has 0 bridgehead atoms. The fraction of sp³-hybridized carbons (Fsp3) is 0.636. The maximum absolute atomic E-state index is 12.7. The Labute approximate surface area is 119 Å². The van der Waals surface area contributed by atoms with Crippen LogP contribution in [-0.2, 0) is 6.18 Å². The normalized spacial score (nSPS) is 17.2. The van der Waals surface area contributed by atoms with Crippen LogP contribution in [-0.4, -0.2) is 16.0 Å². The second kappa shape index (κ2) is 5.61. The molecule has 1 heterocycles. The summed E-state index contributed by atoms with van der Waals surface area (Å²) in [5, 5.41) is 0.755. The molecule has 4 N–H and O–H groups in total. The van der Waals surface area contributed by atoms with E-state index in [2.05, 4.69) is 9.97 Å². The minimum atomic E-state index is -4.69. The van der Waals surface area contributed by atoms with Crippen molar-refractivity contribution < 1.29 is 13.2 Å². The highest BCUT2D eigenvalue weighted by atomic mass is 35.5. The Morgan fingerprint density at radius 3 is 2.30 bits per heavy atom. The Morgan fingerprint density at radius 1 is 1.15 bits per heavy atom. The van der Waals surface area contributed by atoms with Crippen LogP contribution < -0.4 is 16.6 Å². The minimum Gasteiger partial charge on any atom is -0.393 e. The SMILES string of the molecule is Nc1c(Cl)nc(C(F)(F)F)nc1N(N)C1CCCCC1. The molecule has 0 aliphatic heterocycles. The van der Waals surface area contributed by atoms with Crippen molar-refractivity contribution >= 4 is 23.1 Å². The van der Waals surface area contributed by atoms with Crippen molar-refractivity contribution in [2.45, 2.75) is 44.3 Å². The van der Waals surface area contributed by atoms with Crippen LogP contribution in [0.2, 0.25) is 5.15 Å². The quantitative estimate of drug-likeness (QED) is 0.499. The lowest BCUT2D eigenvalue weighted by Crippen LogP contribution is -2.43. The van der Waals surface area contributed by atoms with Crippen LogP contribution in [0.5, 0.6) is 0 Å². The Kier molecular flexibility index (Phi) is 4.24. The van der Waals surface area contributed by atoms with E-state index in [-0.39, 0.29) is 17.5 Å². The fourth-order valence-electron chi connectivity index (χ4n) is 2.29. The highest BCUT2D eigenvalue weighted by molar-refractivity contribution is 6.32. The van der Waals surface area contributed by atoms with E-state index in [1.165, 1.54) is 5.01 Å². The lowest BCUT2D eigenvalue weighted by Gasteiger charge is -2.32. The molecular weight excluding hydrogens is 295 g/mol. The molecule has 2 rings (SSSR count). The van der Waals surface area contributed by atoms with Crippen molar-refractivity contribution in [1.82, 2.24) is 9.97 Å². The molecule has 5 nitrogen and oxygen atoms in total. The van der Waals surface area contributed by atoms with Gasteiger partial charge in [-0.05, 0) is 12.8 Å². The van der Waals surface area contributed by atoms with E-state index in [9.17, 15) is 13.2 Å². The number of alkyl halides is 3. The molecule has 0 saturated heterocycles. The molecule has 1 aliphatic carbocycles. The number of nitrogen functional groups attached to an aromatic ring is 1. The van der Waals surface area contributed by atoms with E-state index in [0.717, 1.165) is 32.1 Å². The number of anilines is 2. The van der Waals surface area contributed by atoms with Gasteiger partial charge in [0, 0.05) is 6.04 Å². The summed E-state index contributed by atoms with van der Waals surface area (Å²) in [6, 6.07) is -0.0851. The molecule has 1 saturated carbocycles. The van der Waals surface area contributed by atoms with Gasteiger partial charge >= 0.3 is 6.18 Å². The lowest BCUT2D eigenvalue weighted by molar-refractivity contribution is -0.144. The highest BCUT2D eigenvalue weighted by Crippen LogP contribution is 2.34. The third-order valence-corrected chi connectivity index (χ3v) is 3.63. The van der Waals surface area contributed by atoms with Gasteiger partial charge in [-0.25, -0.2) is 15.8 Å². The Hall–Kier alpha value is -1.28. The number of nitrogens with zero attached hydrogens (tertiary/aromatic N) is 3. The number of hydrogen-bond acceptors (Lipinski definition) is 5. The minimum absolute atomic E-state index is 0.0851. The first-order valence-corrected chi connectivity index (χ1v) is 6.62. The summed E-state index contributed by atoms with van der Waals surface area (Å²) in [6.45, 7) is 0. The van der Waals surface area contributed by atoms with Crippen molar-refractivity contribution in [3.8, 4) is 0 Å². The molecule has 0 radical (unpaired) electrons. The Bertz CT molecular complexity index is 488. The zero-order chi connectivity index (χ0) is 14.9. The average Bonchev–Trinajstić information content (AvgIpc) is 2.40. The first-order valence-electron chi connectivity index (χ1n) is 6.25. The third-order valence-electron chi connectivity index (χ3n) is 3.35. The van der Waals surface area contributed by atoms with Gasteiger partial charge in [0.05, 0.1) is 0 Å². The number of halogens is 4. The molecule has 0 aromatic carbocycles. The van der Waals surface area contributed by atoms with E-state index in [0.29, 0.717) is 0 Å². The molecule has 0 unspecified atom stereocenters. The van der Waals surface area contributed by atoms with Crippen molar-refractivity contribution in [3.05, 3.63) is 11.0 Å². The average molecular weight is 310 g/mol. The summed E-state index contributed by atoms with van der Waals surface area (Å²) in [6.07, 6.45) is -0.0676. The highest BCUT2D eigenvalue weighted by Gasteiger charge is 2.37. The summed E-state index contributed by atoms with van der Waals surface area (Å²) < 4.78 is 38.1. The second-order valence-corrected chi connectivity index (χ2v) is 5.13. The van der Waals surface area contributed by atoms with E-state index in [1.54, 1.807) is 0 Å². The van der Waals surface area contributed by atoms with Gasteiger partial charge in [-0.1, -0.05) is 30.9 Å². The topological polar surface area (TPSA) is 81.1 Å². The molecule has 0 amide bonds. The fourth-order valence-corrected chi connectivity index (χ4v) is 2.45. The molecule has 112 valence electrons. The predicted octanol–water partition coefficient (Wildman–Crippen LogP) is 2.74. The third kappa shape index (κ3) is 3.06. The number of rotatable bonds is 2. The predicted molar refractivity (Wildman–Crippen MR) is 70.0 cm³/mol. The van der Waals surface area contributed by atoms with Crippen LogP contribution in [0.1, 0.15) is 37.9 Å². The molecule has 1 fully saturated rings. The van der Waals surface area contributed by atoms with E-state index in [4.69, 9.17) is 23.2 Å². The summed E-state index contributed by atoms with van der Waals surface area (Å²) in [7, 11) is 0. The maximum Gasteiger partial charge on any atom is 0.451 e. The molecule has 9 heteroatoms. The van der Waals surface area contributed by atoms with Gasteiger partial charge in [0.2, 0.25) is 5.82 Å². The molecule has 1 aromatic heterocycles. The van der Waals surface area contributed by atoms with Gasteiger partial charge in [0.15, 0.2) is 11.0 Å². The number of hydrazine groups is 1. The van der Waals surface area contributed by atoms with E-state index in [1.807, 2.05) is 0 Å². The van der Waals surface area contributed by atoms with Gasteiger partial charge in [-0.15, -0.1) is 0 Å². The van der Waals surface area contributed by atoms with E-state index >= 15 is 0 Å². The molecule has 0 spiro atoms. The largest absolute Gasteiger partial charge is 0.451 e. The van der Waals surface area contributed by atoms with Gasteiger partial charge < -0.3 is 5.73 Å².